The number of rotatable bonds is 4. The maximum Gasteiger partial charge on any atom is 0.213 e. The van der Waals surface area contributed by atoms with Crippen LogP contribution in [0.1, 0.15) is 37.1 Å². The van der Waals surface area contributed by atoms with Crippen molar-refractivity contribution in [1.29, 1.82) is 0 Å². The normalized spacial score (nSPS) is 21.0. The van der Waals surface area contributed by atoms with Gasteiger partial charge in [-0.2, -0.15) is 0 Å². The number of hydrogen-bond donors (Lipinski definition) is 0. The minimum Gasteiger partial charge on any atom is -0.481 e. The third-order valence-electron chi connectivity index (χ3n) is 6.58. The Morgan fingerprint density at radius 3 is 2.50 bits per heavy atom. The van der Waals surface area contributed by atoms with Gasteiger partial charge in [-0.1, -0.05) is 18.2 Å². The van der Waals surface area contributed by atoms with E-state index in [9.17, 15) is 0 Å². The number of methoxy groups -OCH3 is 1. The highest BCUT2D eigenvalue weighted by atomic mass is 16.5. The van der Waals surface area contributed by atoms with E-state index in [2.05, 4.69) is 59.8 Å². The number of aryl methyl sites for hydroxylation is 2. The Hall–Kier alpha value is -1.91. The van der Waals surface area contributed by atoms with Crippen LogP contribution in [0.2, 0.25) is 0 Å². The fraction of sp³-hybridized carbons (Fsp3) is 0.542. The lowest BCUT2D eigenvalue weighted by Gasteiger charge is -2.42. The Balaban J connectivity index is 1.46. The van der Waals surface area contributed by atoms with Crippen LogP contribution in [0, 0.1) is 6.92 Å². The molecule has 28 heavy (non-hydrogen) atoms. The van der Waals surface area contributed by atoms with Crippen LogP contribution in [0.25, 0.3) is 11.1 Å². The zero-order valence-electron chi connectivity index (χ0n) is 17.7. The molecule has 1 atom stereocenters. The maximum atomic E-state index is 5.25. The lowest BCUT2D eigenvalue weighted by molar-refractivity contribution is 0.0730. The highest BCUT2D eigenvalue weighted by Crippen LogP contribution is 2.31. The van der Waals surface area contributed by atoms with Crippen molar-refractivity contribution >= 4 is 0 Å². The third kappa shape index (κ3) is 3.94. The number of hydrogen-bond acceptors (Lipinski definition) is 4. The van der Waals surface area contributed by atoms with Crippen molar-refractivity contribution in [2.45, 2.75) is 52.1 Å². The smallest absolute Gasteiger partial charge is 0.213 e. The Bertz CT molecular complexity index is 825. The zero-order chi connectivity index (χ0) is 19.7. The second-order valence-electron chi connectivity index (χ2n) is 8.53. The average Bonchev–Trinajstić information content (AvgIpc) is 2.73. The summed E-state index contributed by atoms with van der Waals surface area (Å²) in [5, 5.41) is 0. The molecule has 2 heterocycles. The molecule has 150 valence electrons. The molecule has 1 fully saturated rings. The summed E-state index contributed by atoms with van der Waals surface area (Å²) in [7, 11) is 1.67. The third-order valence-corrected chi connectivity index (χ3v) is 6.58. The van der Waals surface area contributed by atoms with E-state index < -0.39 is 0 Å². The Kier molecular flexibility index (Phi) is 5.70. The van der Waals surface area contributed by atoms with Crippen molar-refractivity contribution in [3.05, 3.63) is 47.2 Å². The maximum absolute atomic E-state index is 5.25. The van der Waals surface area contributed by atoms with Gasteiger partial charge in [0.25, 0.3) is 0 Å². The standard InChI is InChI=1S/C24H33N3O/c1-17(2)26-11-13-27(14-12-26)22-8-7-19-15-21(6-5-20(19)16-22)23-9-10-24(28-4)25-18(23)3/h5-6,9-10,15,17,22H,7-8,11-14,16H2,1-4H3. The molecule has 0 spiro atoms. The van der Waals surface area contributed by atoms with E-state index in [4.69, 9.17) is 4.74 Å². The van der Waals surface area contributed by atoms with Gasteiger partial charge >= 0.3 is 0 Å². The molecule has 0 radical (unpaired) electrons. The molecule has 1 saturated heterocycles. The average molecular weight is 380 g/mol. The van der Waals surface area contributed by atoms with Crippen LogP contribution in [-0.2, 0) is 12.8 Å². The van der Waals surface area contributed by atoms with Gasteiger partial charge in [0, 0.05) is 55.6 Å². The van der Waals surface area contributed by atoms with E-state index in [1.54, 1.807) is 7.11 Å². The highest BCUT2D eigenvalue weighted by molar-refractivity contribution is 5.67. The van der Waals surface area contributed by atoms with Gasteiger partial charge in [-0.15, -0.1) is 0 Å². The minimum atomic E-state index is 0.670. The molecule has 0 N–H and O–H groups in total. The first kappa shape index (κ1) is 19.4. The number of nitrogens with zero attached hydrogens (tertiary/aromatic N) is 3. The first-order valence-corrected chi connectivity index (χ1v) is 10.7. The number of benzene rings is 1. The van der Waals surface area contributed by atoms with Crippen molar-refractivity contribution < 1.29 is 4.74 Å². The summed E-state index contributed by atoms with van der Waals surface area (Å²) >= 11 is 0. The number of piperazine rings is 1. The van der Waals surface area contributed by atoms with E-state index in [0.717, 1.165) is 5.69 Å². The molecular formula is C24H33N3O. The first-order valence-electron chi connectivity index (χ1n) is 10.7. The van der Waals surface area contributed by atoms with Gasteiger partial charge in [0.05, 0.1) is 7.11 Å². The van der Waals surface area contributed by atoms with Crippen LogP contribution >= 0.6 is 0 Å². The van der Waals surface area contributed by atoms with Crippen LogP contribution in [0.3, 0.4) is 0 Å². The van der Waals surface area contributed by atoms with Crippen molar-refractivity contribution in [1.82, 2.24) is 14.8 Å². The van der Waals surface area contributed by atoms with Crippen LogP contribution < -0.4 is 4.74 Å². The van der Waals surface area contributed by atoms with Gasteiger partial charge in [-0.25, -0.2) is 4.98 Å². The quantitative estimate of drug-likeness (QED) is 0.804. The number of ether oxygens (including phenoxy) is 1. The lowest BCUT2D eigenvalue weighted by Crippen LogP contribution is -2.53. The van der Waals surface area contributed by atoms with Gasteiger partial charge in [0.2, 0.25) is 5.88 Å². The van der Waals surface area contributed by atoms with E-state index >= 15 is 0 Å². The summed E-state index contributed by atoms with van der Waals surface area (Å²) in [6, 6.07) is 12.5. The summed E-state index contributed by atoms with van der Waals surface area (Å²) in [5.41, 5.74) is 6.55. The Morgan fingerprint density at radius 1 is 1.04 bits per heavy atom. The van der Waals surface area contributed by atoms with Crippen LogP contribution in [-0.4, -0.2) is 60.2 Å². The molecule has 1 aromatic heterocycles. The zero-order valence-corrected chi connectivity index (χ0v) is 17.7. The molecular weight excluding hydrogens is 346 g/mol. The molecule has 4 heteroatoms. The van der Waals surface area contributed by atoms with Gasteiger partial charge < -0.3 is 4.74 Å². The molecule has 4 nitrogen and oxygen atoms in total. The van der Waals surface area contributed by atoms with Gasteiger partial charge in [-0.05, 0) is 62.8 Å². The minimum absolute atomic E-state index is 0.670. The summed E-state index contributed by atoms with van der Waals surface area (Å²) in [6.45, 7) is 11.5. The molecule has 1 aliphatic heterocycles. The van der Waals surface area contributed by atoms with Crippen LogP contribution in [0.5, 0.6) is 5.88 Å². The van der Waals surface area contributed by atoms with E-state index in [1.165, 1.54) is 67.7 Å². The van der Waals surface area contributed by atoms with Crippen molar-refractivity contribution in [3.63, 3.8) is 0 Å². The van der Waals surface area contributed by atoms with Gasteiger partial charge in [0.1, 0.15) is 0 Å². The van der Waals surface area contributed by atoms with Gasteiger partial charge in [-0.3, -0.25) is 9.80 Å². The number of pyridine rings is 1. The van der Waals surface area contributed by atoms with Crippen molar-refractivity contribution in [3.8, 4) is 17.0 Å². The van der Waals surface area contributed by atoms with E-state index in [-0.39, 0.29) is 0 Å². The molecule has 0 saturated carbocycles. The predicted octanol–water partition coefficient (Wildman–Crippen LogP) is 3.95. The summed E-state index contributed by atoms with van der Waals surface area (Å²) in [5.74, 6) is 0.680. The van der Waals surface area contributed by atoms with E-state index in [1.807, 2.05) is 6.07 Å². The second kappa shape index (κ2) is 8.22. The fourth-order valence-electron chi connectivity index (χ4n) is 4.79. The second-order valence-corrected chi connectivity index (χ2v) is 8.53. The van der Waals surface area contributed by atoms with Gasteiger partial charge in [0.15, 0.2) is 0 Å². The van der Waals surface area contributed by atoms with Crippen molar-refractivity contribution in [2.75, 3.05) is 33.3 Å². The molecule has 1 aromatic carbocycles. The Labute approximate surface area is 169 Å². The largest absolute Gasteiger partial charge is 0.481 e. The first-order chi connectivity index (χ1) is 13.5. The van der Waals surface area contributed by atoms with Crippen LogP contribution in [0.4, 0.5) is 0 Å². The fourth-order valence-corrected chi connectivity index (χ4v) is 4.79. The number of aromatic nitrogens is 1. The van der Waals surface area contributed by atoms with Crippen molar-refractivity contribution in [2.24, 2.45) is 0 Å². The SMILES string of the molecule is COc1ccc(-c2ccc3c(c2)CCC(N2CCN(C(C)C)CC2)C3)c(C)n1. The monoisotopic (exact) mass is 379 g/mol. The molecule has 2 aliphatic rings. The lowest BCUT2D eigenvalue weighted by atomic mass is 9.85. The number of fused-ring (bicyclic) bond motifs is 1. The summed E-state index contributed by atoms with van der Waals surface area (Å²) in [6.07, 6.45) is 3.65. The van der Waals surface area contributed by atoms with E-state index in [0.29, 0.717) is 18.0 Å². The molecule has 0 bridgehead atoms. The van der Waals surface area contributed by atoms with Crippen LogP contribution in [0.15, 0.2) is 30.3 Å². The molecule has 1 unspecified atom stereocenters. The molecule has 1 aliphatic carbocycles. The topological polar surface area (TPSA) is 28.6 Å². The summed E-state index contributed by atoms with van der Waals surface area (Å²) in [4.78, 5) is 9.87. The Morgan fingerprint density at radius 2 is 1.82 bits per heavy atom. The molecule has 0 amide bonds. The molecule has 2 aromatic rings. The highest BCUT2D eigenvalue weighted by Gasteiger charge is 2.28. The summed E-state index contributed by atoms with van der Waals surface area (Å²) < 4.78 is 5.25. The predicted molar refractivity (Wildman–Crippen MR) is 115 cm³/mol. The molecule has 4 rings (SSSR count).